The summed E-state index contributed by atoms with van der Waals surface area (Å²) in [6, 6.07) is 0. The van der Waals surface area contributed by atoms with Gasteiger partial charge in [-0.25, -0.2) is 0 Å². The maximum Gasteiger partial charge on any atom is 0.311 e. The molecule has 3 fully saturated rings. The predicted molar refractivity (Wildman–Crippen MR) is 64.8 cm³/mol. The van der Waals surface area contributed by atoms with Crippen molar-refractivity contribution in [1.82, 2.24) is 0 Å². The fourth-order valence-electron chi connectivity index (χ4n) is 4.33. The number of esters is 1. The van der Waals surface area contributed by atoms with Gasteiger partial charge in [-0.3, -0.25) is 4.79 Å². The van der Waals surface area contributed by atoms with E-state index in [1.54, 1.807) is 0 Å². The van der Waals surface area contributed by atoms with E-state index in [-0.39, 0.29) is 17.2 Å². The van der Waals surface area contributed by atoms with Crippen LogP contribution < -0.4 is 0 Å². The highest BCUT2D eigenvalue weighted by Crippen LogP contribution is 2.57. The van der Waals surface area contributed by atoms with Gasteiger partial charge in [0.15, 0.2) is 5.79 Å². The van der Waals surface area contributed by atoms with E-state index >= 15 is 0 Å². The van der Waals surface area contributed by atoms with Crippen LogP contribution in [0, 0.1) is 17.3 Å². The highest BCUT2D eigenvalue weighted by atomic mass is 16.7. The molecule has 3 aliphatic rings. The molecule has 2 bridgehead atoms. The largest absolute Gasteiger partial charge is 0.469 e. The quantitative estimate of drug-likeness (QED) is 0.672. The molecule has 1 aliphatic heterocycles. The topological polar surface area (TPSA) is 44.8 Å². The van der Waals surface area contributed by atoms with E-state index < -0.39 is 0 Å². The van der Waals surface area contributed by atoms with Crippen LogP contribution in [0.5, 0.6) is 0 Å². The third-order valence-electron chi connectivity index (χ3n) is 5.05. The first-order valence-corrected chi connectivity index (χ1v) is 6.97. The van der Waals surface area contributed by atoms with Crippen molar-refractivity contribution < 1.29 is 19.0 Å². The Morgan fingerprint density at radius 3 is 2.22 bits per heavy atom. The molecule has 0 amide bonds. The first kappa shape index (κ1) is 12.4. The number of methoxy groups -OCH3 is 1. The van der Waals surface area contributed by atoms with Crippen molar-refractivity contribution in [3.63, 3.8) is 0 Å². The first-order chi connectivity index (χ1) is 8.61. The molecular weight excluding hydrogens is 232 g/mol. The molecule has 1 saturated heterocycles. The molecule has 0 radical (unpaired) electrons. The summed E-state index contributed by atoms with van der Waals surface area (Å²) in [5.41, 5.74) is -0.356. The molecular formula is C14H22O4. The first-order valence-electron chi connectivity index (χ1n) is 6.97. The Kier molecular flexibility index (Phi) is 2.90. The van der Waals surface area contributed by atoms with Crippen LogP contribution in [0.2, 0.25) is 0 Å². The van der Waals surface area contributed by atoms with Crippen LogP contribution in [0.4, 0.5) is 0 Å². The lowest BCUT2D eigenvalue weighted by molar-refractivity contribution is -0.275. The summed E-state index contributed by atoms with van der Waals surface area (Å²) in [4.78, 5) is 12.0. The van der Waals surface area contributed by atoms with Crippen molar-refractivity contribution in [1.29, 1.82) is 0 Å². The predicted octanol–water partition coefficient (Wildman–Crippen LogP) is 2.12. The maximum atomic E-state index is 12.0. The Morgan fingerprint density at radius 1 is 1.17 bits per heavy atom. The van der Waals surface area contributed by atoms with Gasteiger partial charge in [-0.05, 0) is 32.6 Å². The van der Waals surface area contributed by atoms with Gasteiger partial charge in [-0.15, -0.1) is 0 Å². The molecule has 0 aromatic heterocycles. The van der Waals surface area contributed by atoms with E-state index in [0.717, 1.165) is 25.7 Å². The van der Waals surface area contributed by atoms with Crippen LogP contribution in [0.25, 0.3) is 0 Å². The Balaban J connectivity index is 1.88. The molecule has 2 unspecified atom stereocenters. The SMILES string of the molecule is COC(=O)C1(C)CC2CCCC(C1)C21OCCO1. The molecule has 2 atom stereocenters. The second-order valence-electron chi connectivity index (χ2n) is 6.20. The number of carbonyl (C=O) groups is 1. The zero-order chi connectivity index (χ0) is 12.8. The molecule has 0 aromatic carbocycles. The van der Waals surface area contributed by atoms with Crippen molar-refractivity contribution in [3.8, 4) is 0 Å². The van der Waals surface area contributed by atoms with E-state index in [1.807, 2.05) is 6.92 Å². The molecule has 18 heavy (non-hydrogen) atoms. The van der Waals surface area contributed by atoms with Gasteiger partial charge in [0.25, 0.3) is 0 Å². The summed E-state index contributed by atoms with van der Waals surface area (Å²) in [7, 11) is 1.48. The molecule has 0 aromatic rings. The van der Waals surface area contributed by atoms with Crippen molar-refractivity contribution >= 4 is 5.97 Å². The number of hydrogen-bond donors (Lipinski definition) is 0. The van der Waals surface area contributed by atoms with Crippen LogP contribution in [-0.4, -0.2) is 32.1 Å². The summed E-state index contributed by atoms with van der Waals surface area (Å²) >= 11 is 0. The zero-order valence-corrected chi connectivity index (χ0v) is 11.2. The molecule has 4 heteroatoms. The van der Waals surface area contributed by atoms with E-state index in [1.165, 1.54) is 13.5 Å². The normalized spacial score (nSPS) is 41.9. The molecule has 3 rings (SSSR count). The van der Waals surface area contributed by atoms with Crippen LogP contribution >= 0.6 is 0 Å². The van der Waals surface area contributed by atoms with Gasteiger partial charge in [-0.2, -0.15) is 0 Å². The molecule has 1 heterocycles. The molecule has 2 saturated carbocycles. The van der Waals surface area contributed by atoms with Gasteiger partial charge in [0, 0.05) is 11.8 Å². The summed E-state index contributed by atoms with van der Waals surface area (Å²) in [6.07, 6.45) is 5.08. The Bertz CT molecular complexity index is 330. The van der Waals surface area contributed by atoms with E-state index in [9.17, 15) is 4.79 Å². The molecule has 1 spiro atoms. The minimum Gasteiger partial charge on any atom is -0.469 e. The number of hydrogen-bond acceptors (Lipinski definition) is 4. The number of ether oxygens (including phenoxy) is 3. The average Bonchev–Trinajstić information content (AvgIpc) is 2.81. The monoisotopic (exact) mass is 254 g/mol. The van der Waals surface area contributed by atoms with Gasteiger partial charge in [0.1, 0.15) is 0 Å². The maximum absolute atomic E-state index is 12.0. The van der Waals surface area contributed by atoms with Crippen LogP contribution in [0.3, 0.4) is 0 Å². The highest BCUT2D eigenvalue weighted by molar-refractivity contribution is 5.76. The lowest BCUT2D eigenvalue weighted by Gasteiger charge is -2.53. The lowest BCUT2D eigenvalue weighted by Crippen LogP contribution is -2.57. The summed E-state index contributed by atoms with van der Waals surface area (Å²) in [6.45, 7) is 3.43. The second-order valence-corrected chi connectivity index (χ2v) is 6.20. The van der Waals surface area contributed by atoms with E-state index in [4.69, 9.17) is 14.2 Å². The van der Waals surface area contributed by atoms with Crippen LogP contribution in [0.15, 0.2) is 0 Å². The molecule has 0 N–H and O–H groups in total. The van der Waals surface area contributed by atoms with Gasteiger partial charge in [0.2, 0.25) is 0 Å². The molecule has 102 valence electrons. The third kappa shape index (κ3) is 1.62. The molecule has 4 nitrogen and oxygen atoms in total. The van der Waals surface area contributed by atoms with Crippen molar-refractivity contribution in [2.24, 2.45) is 17.3 Å². The summed E-state index contributed by atoms with van der Waals surface area (Å²) in [5.74, 6) is 0.228. The highest BCUT2D eigenvalue weighted by Gasteiger charge is 2.60. The Hall–Kier alpha value is -0.610. The third-order valence-corrected chi connectivity index (χ3v) is 5.05. The average molecular weight is 254 g/mol. The van der Waals surface area contributed by atoms with Crippen molar-refractivity contribution in [2.45, 2.75) is 44.8 Å². The molecule has 2 aliphatic carbocycles. The smallest absolute Gasteiger partial charge is 0.311 e. The summed E-state index contributed by atoms with van der Waals surface area (Å²) < 4.78 is 17.0. The van der Waals surface area contributed by atoms with Gasteiger partial charge in [0.05, 0.1) is 25.7 Å². The lowest BCUT2D eigenvalue weighted by atomic mass is 9.58. The van der Waals surface area contributed by atoms with Crippen molar-refractivity contribution in [2.75, 3.05) is 20.3 Å². The Morgan fingerprint density at radius 2 is 1.72 bits per heavy atom. The zero-order valence-electron chi connectivity index (χ0n) is 11.2. The Labute approximate surface area is 108 Å². The van der Waals surface area contributed by atoms with E-state index in [0.29, 0.717) is 25.0 Å². The van der Waals surface area contributed by atoms with Crippen LogP contribution in [-0.2, 0) is 19.0 Å². The summed E-state index contributed by atoms with van der Waals surface area (Å²) in [5, 5.41) is 0. The second kappa shape index (κ2) is 4.20. The van der Waals surface area contributed by atoms with Crippen LogP contribution in [0.1, 0.15) is 39.0 Å². The minimum absolute atomic E-state index is 0.0766. The standard InChI is InChI=1S/C14H22O4/c1-13(12(15)16-2)8-10-4-3-5-11(9-13)14(10)17-6-7-18-14/h10-11H,3-9H2,1-2H3. The van der Waals surface area contributed by atoms with Gasteiger partial charge < -0.3 is 14.2 Å². The van der Waals surface area contributed by atoms with Gasteiger partial charge >= 0.3 is 5.97 Å². The number of rotatable bonds is 1. The number of carbonyl (C=O) groups excluding carboxylic acids is 1. The van der Waals surface area contributed by atoms with Gasteiger partial charge in [-0.1, -0.05) is 6.42 Å². The fourth-order valence-corrected chi connectivity index (χ4v) is 4.33. The van der Waals surface area contributed by atoms with Crippen molar-refractivity contribution in [3.05, 3.63) is 0 Å². The fraction of sp³-hybridized carbons (Fsp3) is 0.929. The van der Waals surface area contributed by atoms with E-state index in [2.05, 4.69) is 0 Å². The minimum atomic E-state index is -0.383.